The van der Waals surface area contributed by atoms with Gasteiger partial charge < -0.3 is 10.8 Å². The van der Waals surface area contributed by atoms with E-state index in [0.717, 1.165) is 6.92 Å². The number of hydrogen-bond acceptors (Lipinski definition) is 4. The number of rotatable bonds is 3. The topological polar surface area (TPSA) is 97.5 Å². The summed E-state index contributed by atoms with van der Waals surface area (Å²) in [5.74, 6) is -1.58. The van der Waals surface area contributed by atoms with E-state index in [1.165, 1.54) is 6.07 Å². The summed E-state index contributed by atoms with van der Waals surface area (Å²) in [6.45, 7) is 0.979. The summed E-state index contributed by atoms with van der Waals surface area (Å²) in [5, 5.41) is 10.2. The fourth-order valence-corrected chi connectivity index (χ4v) is 3.19. The predicted octanol–water partition coefficient (Wildman–Crippen LogP) is 1.37. The van der Waals surface area contributed by atoms with Crippen molar-refractivity contribution in [3.05, 3.63) is 42.5 Å². The number of benzene rings is 2. The van der Waals surface area contributed by atoms with Crippen molar-refractivity contribution < 1.29 is 18.3 Å². The van der Waals surface area contributed by atoms with E-state index < -0.39 is 20.7 Å². The van der Waals surface area contributed by atoms with Crippen LogP contribution >= 0.6 is 0 Å². The average Bonchev–Trinajstić information content (AvgIpc) is 2.37. The molecule has 0 radical (unpaired) electrons. The van der Waals surface area contributed by atoms with Crippen molar-refractivity contribution in [2.45, 2.75) is 16.7 Å². The highest BCUT2D eigenvalue weighted by Gasteiger charge is 2.44. The van der Waals surface area contributed by atoms with Gasteiger partial charge in [0.15, 0.2) is 0 Å². The molecule has 6 heteroatoms. The first-order valence-electron chi connectivity index (χ1n) is 5.53. The maximum Gasteiger partial charge on any atom is 0.339 e. The molecule has 19 heavy (non-hydrogen) atoms. The number of fused-ring (bicyclic) bond motifs is 1. The Bertz CT molecular complexity index is 745. The van der Waals surface area contributed by atoms with E-state index in [0.29, 0.717) is 10.8 Å². The summed E-state index contributed by atoms with van der Waals surface area (Å²) in [6.07, 6.45) is 0. The van der Waals surface area contributed by atoms with Gasteiger partial charge in [0.25, 0.3) is 0 Å². The van der Waals surface area contributed by atoms with Crippen LogP contribution in [0.15, 0.2) is 47.4 Å². The summed E-state index contributed by atoms with van der Waals surface area (Å²) in [7, 11) is -4.19. The summed E-state index contributed by atoms with van der Waals surface area (Å²) in [6, 6.07) is 11.5. The summed E-state index contributed by atoms with van der Waals surface area (Å²) in [5.41, 5.74) is 5.47. The molecular weight excluding hydrogens is 266 g/mol. The van der Waals surface area contributed by atoms with Crippen molar-refractivity contribution in [1.29, 1.82) is 0 Å². The Morgan fingerprint density at radius 3 is 2.37 bits per heavy atom. The predicted molar refractivity (Wildman–Crippen MR) is 71.4 cm³/mol. The summed E-state index contributed by atoms with van der Waals surface area (Å²) in [4.78, 5) is 8.64. The van der Waals surface area contributed by atoms with Crippen LogP contribution in [-0.2, 0) is 14.6 Å². The first-order chi connectivity index (χ1) is 8.78. The van der Waals surface area contributed by atoms with Crippen LogP contribution in [0.5, 0.6) is 0 Å². The molecule has 3 N–H and O–H groups in total. The van der Waals surface area contributed by atoms with Crippen molar-refractivity contribution in [1.82, 2.24) is 0 Å². The Morgan fingerprint density at radius 2 is 1.74 bits per heavy atom. The Labute approximate surface area is 110 Å². The fraction of sp³-hybridized carbons (Fsp3) is 0.154. The lowest BCUT2D eigenvalue weighted by atomic mass is 10.1. The molecule has 0 aliphatic heterocycles. The SMILES string of the molecule is CC(N)(C(=O)O)S(=O)(=O)c1cccc2ccccc12. The van der Waals surface area contributed by atoms with Crippen molar-refractivity contribution in [3.8, 4) is 0 Å². The third-order valence-electron chi connectivity index (χ3n) is 3.02. The van der Waals surface area contributed by atoms with Crippen LogP contribution in [-0.4, -0.2) is 24.4 Å². The van der Waals surface area contributed by atoms with Crippen LogP contribution in [0.1, 0.15) is 6.92 Å². The molecule has 1 atom stereocenters. The molecule has 1 unspecified atom stereocenters. The molecule has 0 amide bonds. The molecule has 0 aliphatic rings. The van der Waals surface area contributed by atoms with Crippen molar-refractivity contribution in [3.63, 3.8) is 0 Å². The van der Waals surface area contributed by atoms with Gasteiger partial charge in [-0.1, -0.05) is 36.4 Å². The normalized spacial score (nSPS) is 15.1. The van der Waals surface area contributed by atoms with E-state index >= 15 is 0 Å². The summed E-state index contributed by atoms with van der Waals surface area (Å²) < 4.78 is 24.8. The minimum Gasteiger partial charge on any atom is -0.479 e. The molecule has 100 valence electrons. The first kappa shape index (κ1) is 13.5. The number of carboxylic acids is 1. The van der Waals surface area contributed by atoms with Crippen LogP contribution in [0.2, 0.25) is 0 Å². The van der Waals surface area contributed by atoms with Crippen molar-refractivity contribution in [2.75, 3.05) is 0 Å². The Morgan fingerprint density at radius 1 is 1.16 bits per heavy atom. The van der Waals surface area contributed by atoms with Gasteiger partial charge in [-0.15, -0.1) is 0 Å². The lowest BCUT2D eigenvalue weighted by molar-refractivity contribution is -0.139. The van der Waals surface area contributed by atoms with E-state index in [2.05, 4.69) is 0 Å². The number of hydrogen-bond donors (Lipinski definition) is 2. The van der Waals surface area contributed by atoms with Crippen LogP contribution in [0.3, 0.4) is 0 Å². The number of nitrogens with two attached hydrogens (primary N) is 1. The third kappa shape index (κ3) is 1.98. The molecule has 0 saturated heterocycles. The largest absolute Gasteiger partial charge is 0.479 e. The van der Waals surface area contributed by atoms with Gasteiger partial charge in [-0.3, -0.25) is 0 Å². The molecule has 0 bridgehead atoms. The second-order valence-electron chi connectivity index (χ2n) is 4.39. The summed E-state index contributed by atoms with van der Waals surface area (Å²) >= 11 is 0. The minimum absolute atomic E-state index is 0.0713. The molecule has 2 aromatic rings. The monoisotopic (exact) mass is 279 g/mol. The Kier molecular flexibility index (Phi) is 3.07. The van der Waals surface area contributed by atoms with Gasteiger partial charge in [0, 0.05) is 5.39 Å². The van der Waals surface area contributed by atoms with E-state index in [1.807, 2.05) is 0 Å². The number of carbonyl (C=O) groups is 1. The zero-order valence-corrected chi connectivity index (χ0v) is 11.0. The smallest absolute Gasteiger partial charge is 0.339 e. The maximum atomic E-state index is 12.4. The number of aliphatic carboxylic acids is 1. The number of carboxylic acid groups (broad SMARTS) is 1. The second kappa shape index (κ2) is 4.32. The zero-order chi connectivity index (χ0) is 14.3. The van der Waals surface area contributed by atoms with E-state index in [4.69, 9.17) is 10.8 Å². The second-order valence-corrected chi connectivity index (χ2v) is 6.69. The first-order valence-corrected chi connectivity index (χ1v) is 7.01. The van der Waals surface area contributed by atoms with Gasteiger partial charge in [-0.25, -0.2) is 13.2 Å². The highest BCUT2D eigenvalue weighted by Crippen LogP contribution is 2.28. The quantitative estimate of drug-likeness (QED) is 0.884. The number of sulfone groups is 1. The maximum absolute atomic E-state index is 12.4. The molecule has 5 nitrogen and oxygen atoms in total. The molecule has 2 rings (SSSR count). The Balaban J connectivity index is 2.79. The minimum atomic E-state index is -4.19. The van der Waals surface area contributed by atoms with E-state index in [9.17, 15) is 13.2 Å². The highest BCUT2D eigenvalue weighted by molar-refractivity contribution is 7.93. The molecule has 0 saturated carbocycles. The van der Waals surface area contributed by atoms with Crippen molar-refractivity contribution >= 4 is 26.6 Å². The van der Waals surface area contributed by atoms with Gasteiger partial charge in [0.05, 0.1) is 4.90 Å². The molecular formula is C13H13NO4S. The van der Waals surface area contributed by atoms with Gasteiger partial charge in [0.1, 0.15) is 0 Å². The van der Waals surface area contributed by atoms with Gasteiger partial charge >= 0.3 is 5.97 Å². The zero-order valence-electron chi connectivity index (χ0n) is 10.2. The molecule has 0 spiro atoms. The van der Waals surface area contributed by atoms with Crippen LogP contribution < -0.4 is 5.73 Å². The molecule has 0 aliphatic carbocycles. The molecule has 0 heterocycles. The van der Waals surface area contributed by atoms with E-state index in [1.54, 1.807) is 36.4 Å². The Hall–Kier alpha value is -1.92. The average molecular weight is 279 g/mol. The van der Waals surface area contributed by atoms with Crippen LogP contribution in [0, 0.1) is 0 Å². The van der Waals surface area contributed by atoms with Gasteiger partial charge in [0.2, 0.25) is 14.7 Å². The van der Waals surface area contributed by atoms with Gasteiger partial charge in [-0.2, -0.15) is 0 Å². The fourth-order valence-electron chi connectivity index (χ4n) is 1.77. The van der Waals surface area contributed by atoms with Crippen LogP contribution in [0.4, 0.5) is 0 Å². The third-order valence-corrected chi connectivity index (χ3v) is 5.25. The van der Waals surface area contributed by atoms with Gasteiger partial charge in [-0.05, 0) is 18.4 Å². The molecule has 2 aromatic carbocycles. The molecule has 0 aromatic heterocycles. The van der Waals surface area contributed by atoms with E-state index in [-0.39, 0.29) is 4.90 Å². The highest BCUT2D eigenvalue weighted by atomic mass is 32.2. The standard InChI is InChI=1S/C13H13NO4S/c1-13(14,12(15)16)19(17,18)11-8-4-6-9-5-2-3-7-10(9)11/h2-8H,14H2,1H3,(H,15,16). The van der Waals surface area contributed by atoms with Crippen molar-refractivity contribution in [2.24, 2.45) is 5.73 Å². The molecule has 0 fully saturated rings. The van der Waals surface area contributed by atoms with Crippen LogP contribution in [0.25, 0.3) is 10.8 Å². The lowest BCUT2D eigenvalue weighted by Gasteiger charge is -2.20. The lowest BCUT2D eigenvalue weighted by Crippen LogP contribution is -2.51.